The van der Waals surface area contributed by atoms with E-state index < -0.39 is 0 Å². The molecule has 0 atom stereocenters. The highest BCUT2D eigenvalue weighted by atomic mass is 127. The average molecular weight is 351 g/mol. The van der Waals surface area contributed by atoms with Crippen LogP contribution in [0.4, 0.5) is 4.39 Å². The van der Waals surface area contributed by atoms with Gasteiger partial charge < -0.3 is 11.1 Å². The van der Waals surface area contributed by atoms with E-state index in [1.165, 1.54) is 12.1 Å². The fourth-order valence-corrected chi connectivity index (χ4v) is 1.26. The van der Waals surface area contributed by atoms with Crippen molar-refractivity contribution < 1.29 is 4.39 Å². The molecule has 5 heteroatoms. The van der Waals surface area contributed by atoms with Crippen molar-refractivity contribution in [3.8, 4) is 0 Å². The second-order valence-electron chi connectivity index (χ2n) is 3.61. The van der Waals surface area contributed by atoms with Crippen molar-refractivity contribution in [1.82, 2.24) is 5.32 Å². The second-order valence-corrected chi connectivity index (χ2v) is 3.61. The van der Waals surface area contributed by atoms with Crippen molar-refractivity contribution in [2.45, 2.75) is 26.3 Å². The molecular weight excluding hydrogens is 332 g/mol. The Hall–Kier alpha value is -0.850. The summed E-state index contributed by atoms with van der Waals surface area (Å²) in [6, 6.07) is 6.37. The SMILES string of the molecule is CCCCNC(N)=NCc1cccc(F)c1.I. The molecule has 0 aliphatic rings. The van der Waals surface area contributed by atoms with Gasteiger partial charge in [0.15, 0.2) is 5.96 Å². The Bertz CT molecular complexity index is 355. The first-order valence-corrected chi connectivity index (χ1v) is 5.50. The van der Waals surface area contributed by atoms with Gasteiger partial charge in [-0.15, -0.1) is 24.0 Å². The predicted molar refractivity (Wildman–Crippen MR) is 80.1 cm³/mol. The molecule has 0 heterocycles. The van der Waals surface area contributed by atoms with E-state index in [2.05, 4.69) is 17.2 Å². The van der Waals surface area contributed by atoms with E-state index in [1.807, 2.05) is 6.07 Å². The van der Waals surface area contributed by atoms with Crippen molar-refractivity contribution in [1.29, 1.82) is 0 Å². The van der Waals surface area contributed by atoms with Crippen molar-refractivity contribution in [3.63, 3.8) is 0 Å². The number of aliphatic imine (C=N–C) groups is 1. The van der Waals surface area contributed by atoms with Crippen molar-refractivity contribution in [3.05, 3.63) is 35.6 Å². The number of hydrogen-bond acceptors (Lipinski definition) is 1. The minimum Gasteiger partial charge on any atom is -0.370 e. The van der Waals surface area contributed by atoms with Gasteiger partial charge in [0, 0.05) is 6.54 Å². The molecular formula is C12H19FIN3. The largest absolute Gasteiger partial charge is 0.370 e. The Morgan fingerprint density at radius 2 is 2.24 bits per heavy atom. The van der Waals surface area contributed by atoms with Gasteiger partial charge in [-0.25, -0.2) is 9.38 Å². The van der Waals surface area contributed by atoms with Crippen LogP contribution >= 0.6 is 24.0 Å². The van der Waals surface area contributed by atoms with E-state index in [9.17, 15) is 4.39 Å². The third-order valence-electron chi connectivity index (χ3n) is 2.16. The summed E-state index contributed by atoms with van der Waals surface area (Å²) in [6.07, 6.45) is 2.18. The summed E-state index contributed by atoms with van der Waals surface area (Å²) in [5.41, 5.74) is 6.47. The highest BCUT2D eigenvalue weighted by Crippen LogP contribution is 2.04. The molecule has 3 nitrogen and oxygen atoms in total. The molecule has 0 spiro atoms. The van der Waals surface area contributed by atoms with Gasteiger partial charge in [0.25, 0.3) is 0 Å². The molecule has 1 rings (SSSR count). The van der Waals surface area contributed by atoms with Gasteiger partial charge in [-0.3, -0.25) is 0 Å². The number of halogens is 2. The monoisotopic (exact) mass is 351 g/mol. The highest BCUT2D eigenvalue weighted by molar-refractivity contribution is 14.0. The normalized spacial score (nSPS) is 10.8. The van der Waals surface area contributed by atoms with Crippen LogP contribution in [0.1, 0.15) is 25.3 Å². The quantitative estimate of drug-likeness (QED) is 0.371. The summed E-state index contributed by atoms with van der Waals surface area (Å²) in [6.45, 7) is 3.35. The van der Waals surface area contributed by atoms with Crippen LogP contribution in [-0.2, 0) is 6.54 Å². The number of nitrogens with zero attached hydrogens (tertiary/aromatic N) is 1. The van der Waals surface area contributed by atoms with Crippen molar-refractivity contribution in [2.75, 3.05) is 6.54 Å². The number of guanidine groups is 1. The van der Waals surface area contributed by atoms with Gasteiger partial charge in [-0.2, -0.15) is 0 Å². The number of nitrogens with one attached hydrogen (secondary N) is 1. The number of hydrogen-bond donors (Lipinski definition) is 2. The molecule has 0 aromatic heterocycles. The smallest absolute Gasteiger partial charge is 0.188 e. The van der Waals surface area contributed by atoms with E-state index in [1.54, 1.807) is 6.07 Å². The van der Waals surface area contributed by atoms with Crippen LogP contribution < -0.4 is 11.1 Å². The summed E-state index contributed by atoms with van der Waals surface area (Å²) in [7, 11) is 0. The van der Waals surface area contributed by atoms with Gasteiger partial charge in [0.2, 0.25) is 0 Å². The van der Waals surface area contributed by atoms with Crippen LogP contribution in [0.5, 0.6) is 0 Å². The highest BCUT2D eigenvalue weighted by Gasteiger charge is 1.95. The molecule has 17 heavy (non-hydrogen) atoms. The Kier molecular flexibility index (Phi) is 8.75. The maximum Gasteiger partial charge on any atom is 0.188 e. The van der Waals surface area contributed by atoms with E-state index >= 15 is 0 Å². The summed E-state index contributed by atoms with van der Waals surface area (Å²) in [5.74, 6) is 0.169. The molecule has 0 bridgehead atoms. The molecule has 1 aromatic rings. The van der Waals surface area contributed by atoms with Gasteiger partial charge in [0.05, 0.1) is 6.54 Å². The summed E-state index contributed by atoms with van der Waals surface area (Å²) < 4.78 is 12.8. The third kappa shape index (κ3) is 7.14. The number of unbranched alkanes of at least 4 members (excludes halogenated alkanes) is 1. The molecule has 0 amide bonds. The van der Waals surface area contributed by atoms with Gasteiger partial charge in [0.1, 0.15) is 5.82 Å². The average Bonchev–Trinajstić information content (AvgIpc) is 2.27. The molecule has 1 aromatic carbocycles. The van der Waals surface area contributed by atoms with E-state index in [-0.39, 0.29) is 29.8 Å². The lowest BCUT2D eigenvalue weighted by Crippen LogP contribution is -2.32. The van der Waals surface area contributed by atoms with Gasteiger partial charge in [-0.1, -0.05) is 25.5 Å². The molecule has 3 N–H and O–H groups in total. The van der Waals surface area contributed by atoms with Crippen LogP contribution in [-0.4, -0.2) is 12.5 Å². The summed E-state index contributed by atoms with van der Waals surface area (Å²) in [4.78, 5) is 4.12. The lowest BCUT2D eigenvalue weighted by atomic mass is 10.2. The molecule has 96 valence electrons. The molecule has 0 saturated heterocycles. The number of rotatable bonds is 5. The first-order valence-electron chi connectivity index (χ1n) is 5.50. The van der Waals surface area contributed by atoms with Crippen LogP contribution in [0, 0.1) is 5.82 Å². The fourth-order valence-electron chi connectivity index (χ4n) is 1.26. The zero-order valence-electron chi connectivity index (χ0n) is 9.95. The lowest BCUT2D eigenvalue weighted by molar-refractivity contribution is 0.625. The fraction of sp³-hybridized carbons (Fsp3) is 0.417. The Morgan fingerprint density at radius 3 is 2.88 bits per heavy atom. The first kappa shape index (κ1) is 16.1. The summed E-state index contributed by atoms with van der Waals surface area (Å²) in [5, 5.41) is 3.00. The Morgan fingerprint density at radius 1 is 1.47 bits per heavy atom. The second kappa shape index (κ2) is 9.21. The minimum absolute atomic E-state index is 0. The first-order chi connectivity index (χ1) is 7.72. The topological polar surface area (TPSA) is 50.4 Å². The van der Waals surface area contributed by atoms with Crippen molar-refractivity contribution >= 4 is 29.9 Å². The maximum absolute atomic E-state index is 12.8. The van der Waals surface area contributed by atoms with Crippen LogP contribution in [0.3, 0.4) is 0 Å². The molecule has 0 unspecified atom stereocenters. The van der Waals surface area contributed by atoms with E-state index in [4.69, 9.17) is 5.73 Å². The van der Waals surface area contributed by atoms with Gasteiger partial charge >= 0.3 is 0 Å². The zero-order valence-corrected chi connectivity index (χ0v) is 12.3. The molecule has 0 aliphatic carbocycles. The predicted octanol–water partition coefficient (Wildman–Crippen LogP) is 2.65. The Labute approximate surface area is 119 Å². The maximum atomic E-state index is 12.8. The molecule has 0 fully saturated rings. The van der Waals surface area contributed by atoms with Crippen molar-refractivity contribution in [2.24, 2.45) is 10.7 Å². The molecule has 0 aliphatic heterocycles. The van der Waals surface area contributed by atoms with Gasteiger partial charge in [-0.05, 0) is 24.1 Å². The van der Waals surface area contributed by atoms with Crippen LogP contribution in [0.2, 0.25) is 0 Å². The number of nitrogens with two attached hydrogens (primary N) is 1. The summed E-state index contributed by atoms with van der Waals surface area (Å²) >= 11 is 0. The van der Waals surface area contributed by atoms with E-state index in [0.29, 0.717) is 12.5 Å². The standard InChI is InChI=1S/C12H18FN3.HI/c1-2-3-7-15-12(14)16-9-10-5-4-6-11(13)8-10;/h4-6,8H,2-3,7,9H2,1H3,(H3,14,15,16);1H. The molecule has 0 radical (unpaired) electrons. The molecule has 0 saturated carbocycles. The minimum atomic E-state index is -0.245. The Balaban J connectivity index is 0.00000256. The third-order valence-corrected chi connectivity index (χ3v) is 2.16. The van der Waals surface area contributed by atoms with E-state index in [0.717, 1.165) is 24.9 Å². The number of benzene rings is 1. The van der Waals surface area contributed by atoms with Crippen LogP contribution in [0.15, 0.2) is 29.3 Å². The zero-order chi connectivity index (χ0) is 11.8. The lowest BCUT2D eigenvalue weighted by Gasteiger charge is -2.04. The van der Waals surface area contributed by atoms with Crippen LogP contribution in [0.25, 0.3) is 0 Å².